The Kier molecular flexibility index (Phi) is 5.87. The average Bonchev–Trinajstić information content (AvgIpc) is 2.70. The maximum Gasteiger partial charge on any atom is 0.0641 e. The highest BCUT2D eigenvalue weighted by molar-refractivity contribution is 6.42. The highest BCUT2D eigenvalue weighted by Crippen LogP contribution is 2.24. The first kappa shape index (κ1) is 17.3. The highest BCUT2D eigenvalue weighted by atomic mass is 35.5. The van der Waals surface area contributed by atoms with E-state index >= 15 is 0 Å². The molecule has 0 atom stereocenters. The summed E-state index contributed by atoms with van der Waals surface area (Å²) in [5, 5.41) is 14.9. The van der Waals surface area contributed by atoms with Crippen LogP contribution in [0.4, 0.5) is 0 Å². The van der Waals surface area contributed by atoms with Crippen LogP contribution in [0.25, 0.3) is 0 Å². The highest BCUT2D eigenvalue weighted by Gasteiger charge is 2.14. The summed E-state index contributed by atoms with van der Waals surface area (Å²) >= 11 is 12.0. The van der Waals surface area contributed by atoms with E-state index < -0.39 is 0 Å². The molecule has 4 nitrogen and oxygen atoms in total. The van der Waals surface area contributed by atoms with Crippen molar-refractivity contribution in [3.8, 4) is 0 Å². The number of hydrogen-bond acceptors (Lipinski definition) is 3. The van der Waals surface area contributed by atoms with Gasteiger partial charge in [0.15, 0.2) is 0 Å². The molecule has 0 aliphatic carbocycles. The first-order chi connectivity index (χ1) is 10.4. The predicted octanol–water partition coefficient (Wildman–Crippen LogP) is 3.34. The zero-order valence-corrected chi connectivity index (χ0v) is 14.6. The Morgan fingerprint density at radius 1 is 1.18 bits per heavy atom. The Morgan fingerprint density at radius 2 is 1.91 bits per heavy atom. The number of rotatable bonds is 6. The number of aliphatic hydroxyl groups excluding tert-OH is 1. The van der Waals surface area contributed by atoms with E-state index in [1.807, 2.05) is 30.8 Å². The van der Waals surface area contributed by atoms with Crippen LogP contribution in [-0.2, 0) is 20.1 Å². The van der Waals surface area contributed by atoms with Gasteiger partial charge in [0.1, 0.15) is 0 Å². The van der Waals surface area contributed by atoms with Crippen molar-refractivity contribution < 1.29 is 5.11 Å². The molecule has 0 unspecified atom stereocenters. The topological polar surface area (TPSA) is 41.3 Å². The van der Waals surface area contributed by atoms with Crippen LogP contribution in [0.1, 0.15) is 22.5 Å². The number of benzene rings is 1. The summed E-state index contributed by atoms with van der Waals surface area (Å²) in [4.78, 5) is 2.18. The molecule has 22 heavy (non-hydrogen) atoms. The summed E-state index contributed by atoms with van der Waals surface area (Å²) in [6, 6.07) is 5.63. The van der Waals surface area contributed by atoms with Gasteiger partial charge in [-0.25, -0.2) is 0 Å². The van der Waals surface area contributed by atoms with Crippen LogP contribution in [0.5, 0.6) is 0 Å². The van der Waals surface area contributed by atoms with Gasteiger partial charge in [-0.3, -0.25) is 9.58 Å². The van der Waals surface area contributed by atoms with Gasteiger partial charge in [0.25, 0.3) is 0 Å². The molecule has 0 amide bonds. The fourth-order valence-corrected chi connectivity index (χ4v) is 2.84. The van der Waals surface area contributed by atoms with Gasteiger partial charge in [-0.15, -0.1) is 0 Å². The second-order valence-electron chi connectivity index (χ2n) is 5.46. The minimum atomic E-state index is 0.111. The van der Waals surface area contributed by atoms with Crippen LogP contribution in [-0.4, -0.2) is 32.9 Å². The molecule has 1 heterocycles. The summed E-state index contributed by atoms with van der Waals surface area (Å²) in [7, 11) is 1.95. The van der Waals surface area contributed by atoms with Gasteiger partial charge in [0.2, 0.25) is 0 Å². The third kappa shape index (κ3) is 4.02. The van der Waals surface area contributed by atoms with Gasteiger partial charge in [-0.2, -0.15) is 5.10 Å². The van der Waals surface area contributed by atoms with Crippen LogP contribution in [0, 0.1) is 13.8 Å². The summed E-state index contributed by atoms with van der Waals surface area (Å²) in [6.45, 7) is 6.22. The maximum absolute atomic E-state index is 9.33. The molecule has 0 saturated heterocycles. The van der Waals surface area contributed by atoms with E-state index in [2.05, 4.69) is 16.9 Å². The molecular weight excluding hydrogens is 321 g/mol. The van der Waals surface area contributed by atoms with Crippen LogP contribution in [0.2, 0.25) is 10.0 Å². The average molecular weight is 342 g/mol. The van der Waals surface area contributed by atoms with Gasteiger partial charge in [-0.05, 0) is 31.5 Å². The third-order valence-electron chi connectivity index (χ3n) is 3.85. The lowest BCUT2D eigenvalue weighted by atomic mass is 10.1. The number of hydrogen-bond donors (Lipinski definition) is 1. The van der Waals surface area contributed by atoms with Crippen molar-refractivity contribution in [3.63, 3.8) is 0 Å². The molecule has 6 heteroatoms. The van der Waals surface area contributed by atoms with Crippen molar-refractivity contribution in [3.05, 3.63) is 50.8 Å². The summed E-state index contributed by atoms with van der Waals surface area (Å²) in [5.41, 5.74) is 4.45. The Bertz CT molecular complexity index is 655. The van der Waals surface area contributed by atoms with E-state index in [0.717, 1.165) is 23.5 Å². The van der Waals surface area contributed by atoms with Crippen LogP contribution in [0.15, 0.2) is 18.2 Å². The lowest BCUT2D eigenvalue weighted by Crippen LogP contribution is -2.26. The maximum atomic E-state index is 9.33. The first-order valence-corrected chi connectivity index (χ1v) is 7.94. The molecule has 0 bridgehead atoms. The standard InChI is InChI=1S/C16H21Cl2N3O/c1-11-14(12(2)20(3)19-11)10-21(6-7-22)9-13-4-5-15(17)16(18)8-13/h4-5,8,22H,6-7,9-10H2,1-3H3. The molecule has 1 aromatic heterocycles. The molecule has 120 valence electrons. The fourth-order valence-electron chi connectivity index (χ4n) is 2.52. The van der Waals surface area contributed by atoms with E-state index in [1.54, 1.807) is 6.07 Å². The van der Waals surface area contributed by atoms with Gasteiger partial charge in [0, 0.05) is 37.9 Å². The number of halogens is 2. The molecular formula is C16H21Cl2N3O. The quantitative estimate of drug-likeness (QED) is 0.875. The van der Waals surface area contributed by atoms with Crippen LogP contribution in [0.3, 0.4) is 0 Å². The molecule has 0 saturated carbocycles. The summed E-state index contributed by atoms with van der Waals surface area (Å²) in [6.07, 6.45) is 0. The van der Waals surface area contributed by atoms with Gasteiger partial charge < -0.3 is 5.11 Å². The number of aliphatic hydroxyl groups is 1. The Hall–Kier alpha value is -1.07. The van der Waals surface area contributed by atoms with E-state index in [9.17, 15) is 5.11 Å². The number of aryl methyl sites for hydroxylation is 2. The minimum absolute atomic E-state index is 0.111. The molecule has 0 radical (unpaired) electrons. The summed E-state index contributed by atoms with van der Waals surface area (Å²) in [5.74, 6) is 0. The van der Waals surface area contributed by atoms with Crippen molar-refractivity contribution in [2.45, 2.75) is 26.9 Å². The molecule has 0 aliphatic rings. The molecule has 0 spiro atoms. The Morgan fingerprint density at radius 3 is 2.45 bits per heavy atom. The number of nitrogens with zero attached hydrogens (tertiary/aromatic N) is 3. The zero-order chi connectivity index (χ0) is 16.3. The molecule has 1 aromatic carbocycles. The van der Waals surface area contributed by atoms with Crippen LogP contribution < -0.4 is 0 Å². The van der Waals surface area contributed by atoms with Gasteiger partial charge >= 0.3 is 0 Å². The molecule has 0 fully saturated rings. The van der Waals surface area contributed by atoms with E-state index in [4.69, 9.17) is 23.2 Å². The molecule has 2 aromatic rings. The van der Waals surface area contributed by atoms with Gasteiger partial charge in [-0.1, -0.05) is 29.3 Å². The van der Waals surface area contributed by atoms with Crippen LogP contribution >= 0.6 is 23.2 Å². The van der Waals surface area contributed by atoms with Gasteiger partial charge in [0.05, 0.1) is 22.3 Å². The monoisotopic (exact) mass is 341 g/mol. The van der Waals surface area contributed by atoms with Crippen molar-refractivity contribution in [1.82, 2.24) is 14.7 Å². The molecule has 0 aliphatic heterocycles. The second-order valence-corrected chi connectivity index (χ2v) is 6.27. The van der Waals surface area contributed by atoms with E-state index in [1.165, 1.54) is 5.56 Å². The molecule has 1 N–H and O–H groups in total. The van der Waals surface area contributed by atoms with Crippen molar-refractivity contribution in [2.75, 3.05) is 13.2 Å². The predicted molar refractivity (Wildman–Crippen MR) is 90.3 cm³/mol. The lowest BCUT2D eigenvalue weighted by Gasteiger charge is -2.22. The fraction of sp³-hybridized carbons (Fsp3) is 0.438. The largest absolute Gasteiger partial charge is 0.395 e. The first-order valence-electron chi connectivity index (χ1n) is 7.18. The van der Waals surface area contributed by atoms with Crippen molar-refractivity contribution >= 4 is 23.2 Å². The normalized spacial score (nSPS) is 11.4. The van der Waals surface area contributed by atoms with Crippen molar-refractivity contribution in [2.24, 2.45) is 7.05 Å². The smallest absolute Gasteiger partial charge is 0.0641 e. The zero-order valence-electron chi connectivity index (χ0n) is 13.1. The molecule has 2 rings (SSSR count). The lowest BCUT2D eigenvalue weighted by molar-refractivity contribution is 0.184. The SMILES string of the molecule is Cc1nn(C)c(C)c1CN(CCO)Cc1ccc(Cl)c(Cl)c1. The Labute approximate surface area is 141 Å². The summed E-state index contributed by atoms with van der Waals surface area (Å²) < 4.78 is 1.89. The van der Waals surface area contributed by atoms with Crippen molar-refractivity contribution in [1.29, 1.82) is 0 Å². The Balaban J connectivity index is 2.17. The second kappa shape index (κ2) is 7.47. The van der Waals surface area contributed by atoms with E-state index in [0.29, 0.717) is 23.1 Å². The van der Waals surface area contributed by atoms with E-state index in [-0.39, 0.29) is 6.61 Å². The number of aromatic nitrogens is 2. The minimum Gasteiger partial charge on any atom is -0.395 e. The third-order valence-corrected chi connectivity index (χ3v) is 4.59.